The number of piperidine rings is 2. The van der Waals surface area contributed by atoms with Gasteiger partial charge in [-0.2, -0.15) is 13.2 Å². The maximum atomic E-state index is 13.8. The molecule has 56 heavy (non-hydrogen) atoms. The molecule has 6 rings (SSSR count). The van der Waals surface area contributed by atoms with E-state index in [9.17, 15) is 27.6 Å². The zero-order valence-corrected chi connectivity index (χ0v) is 33.1. The molecule has 2 fully saturated rings. The van der Waals surface area contributed by atoms with Crippen LogP contribution in [0.15, 0.2) is 102 Å². The van der Waals surface area contributed by atoms with Gasteiger partial charge in [0.1, 0.15) is 5.75 Å². The number of esters is 1. The van der Waals surface area contributed by atoms with Gasteiger partial charge >= 0.3 is 12.1 Å². The highest BCUT2D eigenvalue weighted by Gasteiger charge is 2.41. The van der Waals surface area contributed by atoms with Crippen molar-refractivity contribution < 1.29 is 32.3 Å². The number of alkyl halides is 3. The van der Waals surface area contributed by atoms with E-state index in [1.165, 1.54) is 44.2 Å². The van der Waals surface area contributed by atoms with Crippen molar-refractivity contribution in [3.8, 4) is 16.9 Å². The van der Waals surface area contributed by atoms with Crippen LogP contribution < -0.4 is 10.1 Å². The Hall–Kier alpha value is -4.48. The van der Waals surface area contributed by atoms with Gasteiger partial charge in [-0.3, -0.25) is 9.59 Å². The van der Waals surface area contributed by atoms with E-state index >= 15 is 0 Å². The molecule has 7 nitrogen and oxygen atoms in total. The van der Waals surface area contributed by atoms with Gasteiger partial charge in [-0.25, -0.2) is 4.79 Å². The largest absolute Gasteiger partial charge is 0.491 e. The third-order valence-corrected chi connectivity index (χ3v) is 11.5. The maximum Gasteiger partial charge on any atom is 0.491 e. The van der Waals surface area contributed by atoms with Gasteiger partial charge in [0.05, 0.1) is 6.42 Å². The number of amides is 2. The van der Waals surface area contributed by atoms with E-state index in [1.54, 1.807) is 17.0 Å². The van der Waals surface area contributed by atoms with E-state index < -0.39 is 12.1 Å². The quantitative estimate of drug-likeness (QED) is 0.101. The number of halogens is 4. The van der Waals surface area contributed by atoms with Crippen LogP contribution in [0.3, 0.4) is 0 Å². The summed E-state index contributed by atoms with van der Waals surface area (Å²) in [6, 6.07) is 29.1. The predicted molar refractivity (Wildman–Crippen MR) is 215 cm³/mol. The summed E-state index contributed by atoms with van der Waals surface area (Å²) in [6.45, 7) is 4.55. The van der Waals surface area contributed by atoms with Crippen LogP contribution in [-0.4, -0.2) is 66.5 Å². The van der Waals surface area contributed by atoms with E-state index in [-0.39, 0.29) is 24.0 Å². The van der Waals surface area contributed by atoms with Crippen molar-refractivity contribution >= 4 is 33.7 Å². The van der Waals surface area contributed by atoms with Crippen LogP contribution in [0.4, 0.5) is 13.2 Å². The zero-order valence-electron chi connectivity index (χ0n) is 31.5. The summed E-state index contributed by atoms with van der Waals surface area (Å²) in [5.74, 6) is -0.949. The third kappa shape index (κ3) is 12.0. The van der Waals surface area contributed by atoms with Gasteiger partial charge in [0, 0.05) is 36.2 Å². The van der Waals surface area contributed by atoms with Gasteiger partial charge < -0.3 is 19.9 Å². The summed E-state index contributed by atoms with van der Waals surface area (Å²) in [5, 5.41) is 3.45. The molecule has 4 aromatic carbocycles. The van der Waals surface area contributed by atoms with Gasteiger partial charge in [-0.1, -0.05) is 89.8 Å². The Balaban J connectivity index is 1.08. The lowest BCUT2D eigenvalue weighted by molar-refractivity contribution is -0.189. The zero-order chi connectivity index (χ0) is 39.5. The molecule has 0 aromatic heterocycles. The summed E-state index contributed by atoms with van der Waals surface area (Å²) >= 11 is 3.44. The first-order valence-corrected chi connectivity index (χ1v) is 20.4. The number of benzene rings is 4. The average Bonchev–Trinajstić information content (AvgIpc) is 3.21. The van der Waals surface area contributed by atoms with E-state index in [0.29, 0.717) is 31.0 Å². The number of carbonyl (C=O) groups excluding carboxylic acids is 3. The van der Waals surface area contributed by atoms with Crippen molar-refractivity contribution in [3.05, 3.63) is 124 Å². The van der Waals surface area contributed by atoms with Crippen LogP contribution in [-0.2, 0) is 29.0 Å². The summed E-state index contributed by atoms with van der Waals surface area (Å²) in [6.07, 6.45) is 4.10. The molecule has 0 bridgehead atoms. The first-order chi connectivity index (χ1) is 27.0. The van der Waals surface area contributed by atoms with Gasteiger partial charge in [-0.15, -0.1) is 0 Å². The molecule has 0 atom stereocenters. The normalized spacial score (nSPS) is 15.4. The van der Waals surface area contributed by atoms with Crippen molar-refractivity contribution in [2.75, 3.05) is 32.7 Å². The molecule has 0 radical (unpaired) electrons. The smallest absolute Gasteiger partial charge is 0.420 e. The Kier molecular flexibility index (Phi) is 14.4. The summed E-state index contributed by atoms with van der Waals surface area (Å²) in [7, 11) is 0. The van der Waals surface area contributed by atoms with Crippen LogP contribution in [0, 0.1) is 11.8 Å². The Morgan fingerprint density at radius 1 is 0.768 bits per heavy atom. The van der Waals surface area contributed by atoms with Gasteiger partial charge in [0.25, 0.3) is 5.91 Å². The van der Waals surface area contributed by atoms with Crippen LogP contribution in [0.25, 0.3) is 11.1 Å². The van der Waals surface area contributed by atoms with Crippen molar-refractivity contribution in [2.45, 2.75) is 70.5 Å². The van der Waals surface area contributed by atoms with Crippen molar-refractivity contribution in [2.24, 2.45) is 11.8 Å². The minimum atomic E-state index is -5.09. The van der Waals surface area contributed by atoms with E-state index in [1.807, 2.05) is 77.7 Å². The molecule has 2 amide bonds. The fourth-order valence-electron chi connectivity index (χ4n) is 7.71. The fraction of sp³-hybridized carbons (Fsp3) is 0.400. The van der Waals surface area contributed by atoms with Crippen LogP contribution in [0.5, 0.6) is 5.75 Å². The minimum absolute atomic E-state index is 0.0624. The molecule has 0 unspecified atom stereocenters. The van der Waals surface area contributed by atoms with Gasteiger partial charge in [0.15, 0.2) is 0 Å². The molecule has 296 valence electrons. The van der Waals surface area contributed by atoms with Crippen LogP contribution >= 0.6 is 15.9 Å². The summed E-state index contributed by atoms with van der Waals surface area (Å²) < 4.78 is 43.3. The molecule has 2 heterocycles. The van der Waals surface area contributed by atoms with Crippen LogP contribution in [0.2, 0.25) is 0 Å². The molecule has 2 saturated heterocycles. The second-order valence-electron chi connectivity index (χ2n) is 15.0. The molecule has 1 N–H and O–H groups in total. The van der Waals surface area contributed by atoms with E-state index in [2.05, 4.69) is 26.0 Å². The van der Waals surface area contributed by atoms with E-state index in [4.69, 9.17) is 0 Å². The highest BCUT2D eigenvalue weighted by atomic mass is 79.9. The predicted octanol–water partition coefficient (Wildman–Crippen LogP) is 9.42. The number of ether oxygens (including phenoxy) is 1. The van der Waals surface area contributed by atoms with Gasteiger partial charge in [-0.05, 0) is 127 Å². The van der Waals surface area contributed by atoms with Crippen molar-refractivity contribution in [1.82, 2.24) is 15.1 Å². The molecule has 2 aliphatic heterocycles. The molecule has 0 saturated carbocycles. The lowest BCUT2D eigenvalue weighted by atomic mass is 9.87. The number of carbonyl (C=O) groups is 3. The highest BCUT2D eigenvalue weighted by molar-refractivity contribution is 9.10. The molecule has 0 aliphatic carbocycles. The lowest BCUT2D eigenvalue weighted by Crippen LogP contribution is -2.38. The number of nitrogens with zero attached hydrogens (tertiary/aromatic N) is 2. The fourth-order valence-corrected chi connectivity index (χ4v) is 7.97. The average molecular weight is 833 g/mol. The second-order valence-corrected chi connectivity index (χ2v) is 16.0. The lowest BCUT2D eigenvalue weighted by Gasteiger charge is -2.32. The molecule has 0 spiro atoms. The third-order valence-electron chi connectivity index (χ3n) is 11.0. The number of hydrogen-bond acceptors (Lipinski definition) is 5. The minimum Gasteiger partial charge on any atom is -0.420 e. The topological polar surface area (TPSA) is 79.0 Å². The Morgan fingerprint density at radius 2 is 1.39 bits per heavy atom. The highest BCUT2D eigenvalue weighted by Crippen LogP contribution is 2.29. The monoisotopic (exact) mass is 831 g/mol. The molecule has 2 aliphatic rings. The Bertz CT molecular complexity index is 1920. The molecule has 11 heteroatoms. The van der Waals surface area contributed by atoms with Gasteiger partial charge in [0.2, 0.25) is 5.91 Å². The van der Waals surface area contributed by atoms with Crippen molar-refractivity contribution in [3.63, 3.8) is 0 Å². The number of hydrogen-bond donors (Lipinski definition) is 1. The standard InChI is InChI=1S/C45H49BrF3N3O4/c46-40-14-10-35(11-15-40)29-42(53)52(27-22-34-12-16-41(17-13-34)56-44(55)45(47,48)49)31-36-6-2-7-37(28-36)38-8-3-9-39(30-38)43(54)51-25-20-33(21-26-51)5-1-4-32-18-23-50-24-19-32/h2-3,6-17,28,30,32-33,50H,1,4-5,18-27,29,31H2. The van der Waals surface area contributed by atoms with Crippen molar-refractivity contribution in [1.29, 1.82) is 0 Å². The Morgan fingerprint density at radius 3 is 2.07 bits per heavy atom. The first-order valence-electron chi connectivity index (χ1n) is 19.6. The SMILES string of the molecule is O=C(Cc1ccc(Br)cc1)N(CCc1ccc(OC(=O)C(F)(F)F)cc1)Cc1cccc(-c2cccc(C(=O)N3CCC(CCCC4CCNCC4)CC3)c2)c1. The molecular weight excluding hydrogens is 783 g/mol. The Labute approximate surface area is 335 Å². The summed E-state index contributed by atoms with van der Waals surface area (Å²) in [4.78, 5) is 42.4. The number of likely N-dealkylation sites (tertiary alicyclic amines) is 1. The van der Waals surface area contributed by atoms with E-state index in [0.717, 1.165) is 77.2 Å². The van der Waals surface area contributed by atoms with Crippen LogP contribution in [0.1, 0.15) is 72.0 Å². The molecular formula is C45H49BrF3N3O4. The maximum absolute atomic E-state index is 13.8. The molecule has 4 aromatic rings. The number of rotatable bonds is 14. The number of nitrogens with one attached hydrogen (secondary N) is 1. The summed E-state index contributed by atoms with van der Waals surface area (Å²) in [5.41, 5.74) is 5.08. The first kappa shape index (κ1) is 41.2. The second kappa shape index (κ2) is 19.6.